The monoisotopic (exact) mass is 449 g/mol. The number of urea groups is 1. The summed E-state index contributed by atoms with van der Waals surface area (Å²) in [6.07, 6.45) is 0.925. The highest BCUT2D eigenvalue weighted by Gasteiger charge is 2.53. The van der Waals surface area contributed by atoms with Crippen molar-refractivity contribution >= 4 is 29.3 Å². The molecule has 176 valence electrons. The molecule has 0 aliphatic carbocycles. The molecule has 1 heterocycles. The van der Waals surface area contributed by atoms with Crippen LogP contribution in [0.15, 0.2) is 24.3 Å². The van der Waals surface area contributed by atoms with Gasteiger partial charge in [-0.1, -0.05) is 26.3 Å². The predicted molar refractivity (Wildman–Crippen MR) is 117 cm³/mol. The molecule has 1 aliphatic heterocycles. The van der Waals surface area contributed by atoms with Gasteiger partial charge in [0, 0.05) is 30.9 Å². The van der Waals surface area contributed by atoms with E-state index in [-0.39, 0.29) is 24.5 Å². The van der Waals surface area contributed by atoms with Gasteiger partial charge in [-0.15, -0.1) is 0 Å². The first-order valence-corrected chi connectivity index (χ1v) is 10.5. The van der Waals surface area contributed by atoms with E-state index in [9.17, 15) is 24.5 Å². The minimum Gasteiger partial charge on any atom is -0.458 e. The summed E-state index contributed by atoms with van der Waals surface area (Å²) in [4.78, 5) is 49.7. The number of rotatable bonds is 6. The zero-order valence-corrected chi connectivity index (χ0v) is 19.1. The molecule has 1 saturated heterocycles. The Bertz CT molecular complexity index is 899. The average Bonchev–Trinajstić information content (AvgIpc) is 3.20. The molecule has 1 aromatic carbocycles. The Hall–Kier alpha value is -3.21. The lowest BCUT2D eigenvalue weighted by molar-refractivity contribution is -0.384. The number of anilines is 1. The second kappa shape index (κ2) is 9.51. The Morgan fingerprint density at radius 3 is 2.44 bits per heavy atom. The van der Waals surface area contributed by atoms with Gasteiger partial charge in [-0.2, -0.15) is 0 Å². The lowest BCUT2D eigenvalue weighted by Crippen LogP contribution is -2.67. The quantitative estimate of drug-likeness (QED) is 0.293. The summed E-state index contributed by atoms with van der Waals surface area (Å²) in [6.45, 7) is 8.95. The maximum Gasteiger partial charge on any atom is 0.340 e. The van der Waals surface area contributed by atoms with Gasteiger partial charge in [-0.3, -0.25) is 14.9 Å². The maximum absolute atomic E-state index is 13.5. The zero-order valence-electron chi connectivity index (χ0n) is 19.1. The second-order valence-corrected chi connectivity index (χ2v) is 8.82. The molecule has 1 aliphatic rings. The number of hydrogen-bond acceptors (Lipinski definition) is 7. The molecule has 1 aromatic rings. The molecule has 11 heteroatoms. The Labute approximate surface area is 187 Å². The number of ether oxygens (including phenoxy) is 1. The number of carbonyl (C=O) groups is 3. The third kappa shape index (κ3) is 5.34. The lowest BCUT2D eigenvalue weighted by Gasteiger charge is -2.38. The molecule has 0 aromatic heterocycles. The lowest BCUT2D eigenvalue weighted by atomic mass is 9.83. The van der Waals surface area contributed by atoms with E-state index >= 15 is 0 Å². The predicted octanol–water partition coefficient (Wildman–Crippen LogP) is 2.66. The minimum atomic E-state index is -1.98. The highest BCUT2D eigenvalue weighted by molar-refractivity contribution is 6.08. The molecule has 0 saturated carbocycles. The fourth-order valence-electron chi connectivity index (χ4n) is 3.32. The number of nitrogens with one attached hydrogen (secondary N) is 1. The second-order valence-electron chi connectivity index (χ2n) is 8.82. The van der Waals surface area contributed by atoms with Gasteiger partial charge in [-0.25, -0.2) is 19.6 Å². The van der Waals surface area contributed by atoms with Gasteiger partial charge in [0.1, 0.15) is 5.60 Å². The van der Waals surface area contributed by atoms with E-state index in [0.29, 0.717) is 12.8 Å². The SMILES string of the molecule is CCC(C)C(N)(C(=O)OC(C)(C)C)C(=O)N1CCCN1C(=O)Nc1cccc([N+](=O)[O-])c1. The van der Waals surface area contributed by atoms with Crippen LogP contribution >= 0.6 is 0 Å². The van der Waals surface area contributed by atoms with E-state index in [1.165, 1.54) is 24.3 Å². The smallest absolute Gasteiger partial charge is 0.340 e. The summed E-state index contributed by atoms with van der Waals surface area (Å²) < 4.78 is 5.44. The van der Waals surface area contributed by atoms with Crippen LogP contribution in [-0.2, 0) is 14.3 Å². The van der Waals surface area contributed by atoms with Gasteiger partial charge < -0.3 is 15.8 Å². The Morgan fingerprint density at radius 1 is 1.25 bits per heavy atom. The maximum atomic E-state index is 13.5. The number of hydrogen-bond donors (Lipinski definition) is 2. The summed E-state index contributed by atoms with van der Waals surface area (Å²) in [7, 11) is 0. The molecule has 0 bridgehead atoms. The Kier molecular flexibility index (Phi) is 7.45. The van der Waals surface area contributed by atoms with Crippen LogP contribution in [0.3, 0.4) is 0 Å². The summed E-state index contributed by atoms with van der Waals surface area (Å²) in [6, 6.07) is 4.80. The number of nitro benzene ring substituents is 1. The Balaban J connectivity index is 2.28. The van der Waals surface area contributed by atoms with Gasteiger partial charge in [0.25, 0.3) is 11.6 Å². The standard InChI is InChI=1S/C21H31N5O6/c1-6-14(2)21(22,18(28)32-20(3,4)5)17(27)24-11-8-12-25(24)19(29)23-15-9-7-10-16(13-15)26(30)31/h7,9-10,13-14H,6,8,11-12,22H2,1-5H3,(H,23,29). The van der Waals surface area contributed by atoms with Gasteiger partial charge in [0.05, 0.1) is 4.92 Å². The van der Waals surface area contributed by atoms with E-state index < -0.39 is 39.9 Å². The largest absolute Gasteiger partial charge is 0.458 e. The van der Waals surface area contributed by atoms with Crippen molar-refractivity contribution in [2.75, 3.05) is 18.4 Å². The van der Waals surface area contributed by atoms with Crippen LogP contribution in [0.4, 0.5) is 16.2 Å². The van der Waals surface area contributed by atoms with Gasteiger partial charge in [-0.05, 0) is 39.2 Å². The molecule has 2 unspecified atom stereocenters. The number of hydrazine groups is 1. The molecule has 0 spiro atoms. The molecule has 1 fully saturated rings. The Morgan fingerprint density at radius 2 is 1.88 bits per heavy atom. The number of benzene rings is 1. The summed E-state index contributed by atoms with van der Waals surface area (Å²) in [5.74, 6) is -2.13. The number of nitrogens with zero attached hydrogens (tertiary/aromatic N) is 3. The molecule has 3 amide bonds. The van der Waals surface area contributed by atoms with Crippen molar-refractivity contribution in [3.8, 4) is 0 Å². The summed E-state index contributed by atoms with van der Waals surface area (Å²) in [5.41, 5.74) is 3.60. The number of nitro groups is 1. The van der Waals surface area contributed by atoms with Crippen LogP contribution in [0.25, 0.3) is 0 Å². The molecular weight excluding hydrogens is 418 g/mol. The topological polar surface area (TPSA) is 148 Å². The van der Waals surface area contributed by atoms with Crippen molar-refractivity contribution in [2.24, 2.45) is 11.7 Å². The summed E-state index contributed by atoms with van der Waals surface area (Å²) in [5, 5.41) is 15.8. The van der Waals surface area contributed by atoms with Gasteiger partial charge in [0.15, 0.2) is 5.54 Å². The highest BCUT2D eigenvalue weighted by Crippen LogP contribution is 2.28. The zero-order chi connectivity index (χ0) is 24.3. The van der Waals surface area contributed by atoms with E-state index in [4.69, 9.17) is 10.5 Å². The van der Waals surface area contributed by atoms with Crippen molar-refractivity contribution in [2.45, 2.75) is 58.6 Å². The molecule has 32 heavy (non-hydrogen) atoms. The van der Waals surface area contributed by atoms with Crippen LogP contribution in [-0.4, -0.2) is 57.1 Å². The molecule has 2 rings (SSSR count). The number of carbonyl (C=O) groups excluding carboxylic acids is 3. The van der Waals surface area contributed by atoms with Crippen LogP contribution in [0.2, 0.25) is 0 Å². The van der Waals surface area contributed by atoms with Crippen molar-refractivity contribution < 1.29 is 24.0 Å². The minimum absolute atomic E-state index is 0.181. The number of non-ortho nitro benzene ring substituents is 1. The van der Waals surface area contributed by atoms with Crippen molar-refractivity contribution in [3.63, 3.8) is 0 Å². The van der Waals surface area contributed by atoms with E-state index in [1.54, 1.807) is 34.6 Å². The molecule has 0 radical (unpaired) electrons. The highest BCUT2D eigenvalue weighted by atomic mass is 16.6. The number of amides is 3. The van der Waals surface area contributed by atoms with Gasteiger partial charge in [0.2, 0.25) is 0 Å². The molecule has 3 N–H and O–H groups in total. The summed E-state index contributed by atoms with van der Waals surface area (Å²) >= 11 is 0. The van der Waals surface area contributed by atoms with Gasteiger partial charge >= 0.3 is 12.0 Å². The molecule has 11 nitrogen and oxygen atoms in total. The fourth-order valence-corrected chi connectivity index (χ4v) is 3.32. The van der Waals surface area contributed by atoms with E-state index in [0.717, 1.165) is 10.0 Å². The third-order valence-electron chi connectivity index (χ3n) is 5.29. The third-order valence-corrected chi connectivity index (χ3v) is 5.29. The average molecular weight is 450 g/mol. The van der Waals surface area contributed by atoms with Crippen LogP contribution in [0, 0.1) is 16.0 Å². The van der Waals surface area contributed by atoms with Crippen LogP contribution in [0.5, 0.6) is 0 Å². The van der Waals surface area contributed by atoms with Crippen molar-refractivity contribution in [1.82, 2.24) is 10.0 Å². The first-order valence-electron chi connectivity index (χ1n) is 10.5. The first kappa shape index (κ1) is 25.1. The van der Waals surface area contributed by atoms with Crippen molar-refractivity contribution in [3.05, 3.63) is 34.4 Å². The van der Waals surface area contributed by atoms with E-state index in [2.05, 4.69) is 5.32 Å². The number of nitrogens with two attached hydrogens (primary N) is 1. The van der Waals surface area contributed by atoms with Crippen LogP contribution < -0.4 is 11.1 Å². The number of esters is 1. The first-order chi connectivity index (χ1) is 14.8. The molecule has 2 atom stereocenters. The molecular formula is C21H31N5O6. The van der Waals surface area contributed by atoms with Crippen molar-refractivity contribution in [1.29, 1.82) is 0 Å². The van der Waals surface area contributed by atoms with E-state index in [1.807, 2.05) is 0 Å². The fraction of sp³-hybridized carbons (Fsp3) is 0.571. The van der Waals surface area contributed by atoms with Crippen LogP contribution in [0.1, 0.15) is 47.5 Å². The normalized spacial score (nSPS) is 16.8.